The number of nitro groups is 1. The third kappa shape index (κ3) is 5.61. The van der Waals surface area contributed by atoms with Gasteiger partial charge in [0.2, 0.25) is 0 Å². The van der Waals surface area contributed by atoms with E-state index < -0.39 is 34.1 Å². The molecular weight excluding hydrogens is 472 g/mol. The van der Waals surface area contributed by atoms with Crippen molar-refractivity contribution in [2.75, 3.05) is 5.32 Å². The fourth-order valence-corrected chi connectivity index (χ4v) is 3.10. The Morgan fingerprint density at radius 3 is 2.43 bits per heavy atom. The lowest BCUT2D eigenvalue weighted by atomic mass is 10.1. The van der Waals surface area contributed by atoms with Crippen LogP contribution in [0.4, 0.5) is 28.9 Å². The lowest BCUT2D eigenvalue weighted by Gasteiger charge is -2.11. The molecule has 4 aromatic rings. The van der Waals surface area contributed by atoms with E-state index in [0.29, 0.717) is 11.3 Å². The molecule has 35 heavy (non-hydrogen) atoms. The van der Waals surface area contributed by atoms with Gasteiger partial charge in [0.05, 0.1) is 27.9 Å². The normalized spacial score (nSPS) is 11.2. The van der Waals surface area contributed by atoms with Crippen LogP contribution in [0.15, 0.2) is 72.8 Å². The summed E-state index contributed by atoms with van der Waals surface area (Å²) in [6.45, 7) is 0. The molecule has 0 fully saturated rings. The number of amides is 1. The molecule has 0 aliphatic rings. The molecule has 12 heteroatoms. The smallest absolute Gasteiger partial charge is 0.416 e. The molecule has 0 radical (unpaired) electrons. The van der Waals surface area contributed by atoms with E-state index in [2.05, 4.69) is 15.5 Å². The number of halogens is 4. The summed E-state index contributed by atoms with van der Waals surface area (Å²) in [7, 11) is 0. The number of alkyl halides is 3. The minimum atomic E-state index is -4.60. The van der Waals surface area contributed by atoms with Gasteiger partial charge in [0.1, 0.15) is 23.0 Å². The number of carbonyl (C=O) groups is 1. The predicted octanol–water partition coefficient (Wildman–Crippen LogP) is 6.19. The first-order chi connectivity index (χ1) is 16.6. The van der Waals surface area contributed by atoms with E-state index in [9.17, 15) is 32.5 Å². The molecular formula is C23H14F4N4O4. The van der Waals surface area contributed by atoms with E-state index in [0.717, 1.165) is 30.3 Å². The first-order valence-corrected chi connectivity index (χ1v) is 9.86. The Kier molecular flexibility index (Phi) is 6.19. The first-order valence-electron chi connectivity index (χ1n) is 9.86. The number of hydrogen-bond donors (Lipinski definition) is 2. The molecule has 0 aliphatic heterocycles. The highest BCUT2D eigenvalue weighted by Gasteiger charge is 2.30. The monoisotopic (exact) mass is 486 g/mol. The molecule has 0 aliphatic carbocycles. The summed E-state index contributed by atoms with van der Waals surface area (Å²) < 4.78 is 57.4. The summed E-state index contributed by atoms with van der Waals surface area (Å²) in [5, 5.41) is 20.3. The number of aromatic amines is 1. The molecule has 1 amide bonds. The number of non-ortho nitro benzene ring substituents is 1. The van der Waals surface area contributed by atoms with Crippen molar-refractivity contribution in [3.8, 4) is 22.8 Å². The molecule has 0 saturated carbocycles. The number of nitro benzene ring substituents is 1. The van der Waals surface area contributed by atoms with Gasteiger partial charge in [-0.3, -0.25) is 20.0 Å². The van der Waals surface area contributed by atoms with Crippen LogP contribution >= 0.6 is 0 Å². The minimum absolute atomic E-state index is 0.0103. The fourth-order valence-electron chi connectivity index (χ4n) is 3.10. The SMILES string of the molecule is O=C(Nc1cc(Oc2cccc(C(F)(F)F)c2)cc([N+](=O)[O-])c1)c1cc(-c2ccc(F)cc2)n[nH]1. The molecule has 0 atom stereocenters. The second-order valence-corrected chi connectivity index (χ2v) is 7.23. The van der Waals surface area contributed by atoms with Crippen LogP contribution in [0.25, 0.3) is 11.3 Å². The van der Waals surface area contributed by atoms with Crippen molar-refractivity contribution in [3.63, 3.8) is 0 Å². The number of carbonyl (C=O) groups excluding carboxylic acids is 1. The van der Waals surface area contributed by atoms with Crippen LogP contribution in [-0.2, 0) is 6.18 Å². The lowest BCUT2D eigenvalue weighted by Crippen LogP contribution is -2.12. The van der Waals surface area contributed by atoms with Crippen molar-refractivity contribution in [3.05, 3.63) is 100.0 Å². The zero-order valence-electron chi connectivity index (χ0n) is 17.5. The third-order valence-electron chi connectivity index (χ3n) is 4.72. The highest BCUT2D eigenvalue weighted by molar-refractivity contribution is 6.03. The van der Waals surface area contributed by atoms with E-state index in [-0.39, 0.29) is 22.9 Å². The second-order valence-electron chi connectivity index (χ2n) is 7.23. The van der Waals surface area contributed by atoms with Crippen LogP contribution in [0.1, 0.15) is 16.1 Å². The van der Waals surface area contributed by atoms with Crippen molar-refractivity contribution < 1.29 is 32.0 Å². The molecule has 8 nitrogen and oxygen atoms in total. The zero-order chi connectivity index (χ0) is 25.2. The average Bonchev–Trinajstić information content (AvgIpc) is 3.29. The number of nitrogens with one attached hydrogen (secondary N) is 2. The molecule has 0 spiro atoms. The van der Waals surface area contributed by atoms with Crippen molar-refractivity contribution in [1.82, 2.24) is 10.2 Å². The van der Waals surface area contributed by atoms with Gasteiger partial charge in [-0.05, 0) is 48.5 Å². The molecule has 0 unspecified atom stereocenters. The van der Waals surface area contributed by atoms with Gasteiger partial charge in [-0.15, -0.1) is 0 Å². The summed E-state index contributed by atoms with van der Waals surface area (Å²) >= 11 is 0. The Morgan fingerprint density at radius 2 is 1.74 bits per heavy atom. The molecule has 4 rings (SSSR count). The third-order valence-corrected chi connectivity index (χ3v) is 4.72. The topological polar surface area (TPSA) is 110 Å². The standard InChI is InChI=1S/C23H14F4N4O4/c24-15-6-4-13(5-7-15)20-12-21(30-29-20)22(32)28-16-9-17(31(33)34)11-19(10-16)35-18-3-1-2-14(8-18)23(25,26)27/h1-12H,(H,28,32)(H,29,30). The van der Waals surface area contributed by atoms with Crippen molar-refractivity contribution in [1.29, 1.82) is 0 Å². The van der Waals surface area contributed by atoms with E-state index in [1.54, 1.807) is 0 Å². The Labute approximate surface area is 194 Å². The summed E-state index contributed by atoms with van der Waals surface area (Å²) in [4.78, 5) is 23.2. The first kappa shape index (κ1) is 23.4. The van der Waals surface area contributed by atoms with E-state index in [4.69, 9.17) is 4.74 Å². The number of H-pyrrole nitrogens is 1. The number of anilines is 1. The van der Waals surface area contributed by atoms with Gasteiger partial charge in [0.15, 0.2) is 0 Å². The highest BCUT2D eigenvalue weighted by Crippen LogP contribution is 2.34. The largest absolute Gasteiger partial charge is 0.457 e. The second kappa shape index (κ2) is 9.25. The number of aromatic nitrogens is 2. The Balaban J connectivity index is 1.57. The summed E-state index contributed by atoms with van der Waals surface area (Å²) in [5.74, 6) is -1.49. The van der Waals surface area contributed by atoms with Gasteiger partial charge in [0, 0.05) is 17.7 Å². The van der Waals surface area contributed by atoms with Gasteiger partial charge in [-0.1, -0.05) is 6.07 Å². The van der Waals surface area contributed by atoms with Crippen LogP contribution in [0.3, 0.4) is 0 Å². The Hall–Kier alpha value is -4.74. The molecule has 178 valence electrons. The number of nitrogens with zero attached hydrogens (tertiary/aromatic N) is 2. The van der Waals surface area contributed by atoms with Gasteiger partial charge in [0.25, 0.3) is 11.6 Å². The summed E-state index contributed by atoms with van der Waals surface area (Å²) in [6, 6.07) is 14.1. The predicted molar refractivity (Wildman–Crippen MR) is 117 cm³/mol. The molecule has 0 bridgehead atoms. The summed E-state index contributed by atoms with van der Waals surface area (Å²) in [5.41, 5.74) is -0.525. The summed E-state index contributed by atoms with van der Waals surface area (Å²) in [6.07, 6.45) is -4.60. The maximum Gasteiger partial charge on any atom is 0.416 e. The maximum atomic E-state index is 13.1. The molecule has 1 heterocycles. The van der Waals surface area contributed by atoms with Gasteiger partial charge in [-0.25, -0.2) is 4.39 Å². The Bertz CT molecular complexity index is 1400. The molecule has 3 aromatic carbocycles. The maximum absolute atomic E-state index is 13.1. The van der Waals surface area contributed by atoms with Crippen LogP contribution in [0.5, 0.6) is 11.5 Å². The van der Waals surface area contributed by atoms with Gasteiger partial charge >= 0.3 is 6.18 Å². The molecule has 1 aromatic heterocycles. The minimum Gasteiger partial charge on any atom is -0.457 e. The van der Waals surface area contributed by atoms with Crippen LogP contribution in [-0.4, -0.2) is 21.0 Å². The molecule has 2 N–H and O–H groups in total. The number of hydrogen-bond acceptors (Lipinski definition) is 5. The van der Waals surface area contributed by atoms with Gasteiger partial charge in [-0.2, -0.15) is 18.3 Å². The van der Waals surface area contributed by atoms with E-state index in [1.165, 1.54) is 42.5 Å². The fraction of sp³-hybridized carbons (Fsp3) is 0.0435. The number of rotatable bonds is 6. The van der Waals surface area contributed by atoms with E-state index in [1.807, 2.05) is 0 Å². The Morgan fingerprint density at radius 1 is 1.00 bits per heavy atom. The van der Waals surface area contributed by atoms with Crippen molar-refractivity contribution in [2.45, 2.75) is 6.18 Å². The quantitative estimate of drug-likeness (QED) is 0.192. The lowest BCUT2D eigenvalue weighted by molar-refractivity contribution is -0.384. The zero-order valence-corrected chi connectivity index (χ0v) is 17.5. The van der Waals surface area contributed by atoms with Crippen LogP contribution in [0, 0.1) is 15.9 Å². The molecule has 0 saturated heterocycles. The van der Waals surface area contributed by atoms with E-state index >= 15 is 0 Å². The van der Waals surface area contributed by atoms with Crippen LogP contribution in [0.2, 0.25) is 0 Å². The number of ether oxygens (including phenoxy) is 1. The average molecular weight is 486 g/mol. The highest BCUT2D eigenvalue weighted by atomic mass is 19.4. The van der Waals surface area contributed by atoms with Crippen molar-refractivity contribution in [2.24, 2.45) is 0 Å². The van der Waals surface area contributed by atoms with Crippen LogP contribution < -0.4 is 10.1 Å². The van der Waals surface area contributed by atoms with Crippen molar-refractivity contribution >= 4 is 17.3 Å². The van der Waals surface area contributed by atoms with Gasteiger partial charge < -0.3 is 10.1 Å². The number of benzene rings is 3.